The molecule has 1 N–H and O–H groups in total. The molecule has 0 aliphatic heterocycles. The summed E-state index contributed by atoms with van der Waals surface area (Å²) in [6.07, 6.45) is 0. The first-order chi connectivity index (χ1) is 10.7. The number of halogens is 5. The van der Waals surface area contributed by atoms with E-state index in [1.807, 2.05) is 4.72 Å². The van der Waals surface area contributed by atoms with Crippen LogP contribution in [0.1, 0.15) is 0 Å². The van der Waals surface area contributed by atoms with Gasteiger partial charge in [-0.3, -0.25) is 4.72 Å². The van der Waals surface area contributed by atoms with Crippen LogP contribution in [0, 0.1) is 11.6 Å². The van der Waals surface area contributed by atoms with Crippen molar-refractivity contribution in [2.24, 2.45) is 0 Å². The first kappa shape index (κ1) is 17.4. The Kier molecular flexibility index (Phi) is 5.00. The minimum Gasteiger partial charge on any atom is -0.433 e. The fourth-order valence-electron chi connectivity index (χ4n) is 1.65. The van der Waals surface area contributed by atoms with Gasteiger partial charge in [0.2, 0.25) is 0 Å². The lowest BCUT2D eigenvalue weighted by Crippen LogP contribution is -2.13. The van der Waals surface area contributed by atoms with Crippen LogP contribution in [0.15, 0.2) is 41.3 Å². The van der Waals surface area contributed by atoms with Gasteiger partial charge in [0.1, 0.15) is 17.4 Å². The van der Waals surface area contributed by atoms with Gasteiger partial charge in [-0.25, -0.2) is 17.2 Å². The molecule has 2 aromatic carbocycles. The summed E-state index contributed by atoms with van der Waals surface area (Å²) in [6, 6.07) is 4.93. The molecule has 0 aliphatic rings. The largest absolute Gasteiger partial charge is 0.433 e. The highest BCUT2D eigenvalue weighted by molar-refractivity contribution is 7.92. The second-order valence-corrected chi connectivity index (χ2v) is 6.32. The molecule has 0 heterocycles. The summed E-state index contributed by atoms with van der Waals surface area (Å²) in [5.74, 6) is -2.48. The molecular formula is C13H8ClF4NO3S. The van der Waals surface area contributed by atoms with Crippen LogP contribution < -0.4 is 9.46 Å². The molecule has 0 radical (unpaired) electrons. The summed E-state index contributed by atoms with van der Waals surface area (Å²) < 4.78 is 80.6. The van der Waals surface area contributed by atoms with Crippen LogP contribution in [0.4, 0.5) is 23.2 Å². The van der Waals surface area contributed by atoms with Crippen molar-refractivity contribution in [2.75, 3.05) is 4.72 Å². The summed E-state index contributed by atoms with van der Waals surface area (Å²) >= 11 is 5.69. The molecule has 0 saturated carbocycles. The van der Waals surface area contributed by atoms with Gasteiger partial charge in [-0.2, -0.15) is 8.78 Å². The second-order valence-electron chi connectivity index (χ2n) is 4.23. The number of hydrogen-bond acceptors (Lipinski definition) is 3. The average Bonchev–Trinajstić information content (AvgIpc) is 2.40. The minimum atomic E-state index is -4.29. The maximum atomic E-state index is 13.1. The van der Waals surface area contributed by atoms with E-state index in [4.69, 9.17) is 11.6 Å². The Morgan fingerprint density at radius 3 is 2.17 bits per heavy atom. The van der Waals surface area contributed by atoms with Crippen molar-refractivity contribution >= 4 is 27.3 Å². The monoisotopic (exact) mass is 369 g/mol. The molecule has 0 unspecified atom stereocenters. The molecule has 0 bridgehead atoms. The lowest BCUT2D eigenvalue weighted by Gasteiger charge is -2.11. The van der Waals surface area contributed by atoms with Gasteiger partial charge >= 0.3 is 6.61 Å². The summed E-state index contributed by atoms with van der Waals surface area (Å²) in [5.41, 5.74) is -0.0960. The summed E-state index contributed by atoms with van der Waals surface area (Å²) in [6.45, 7) is -3.09. The maximum Gasteiger partial charge on any atom is 0.387 e. The van der Waals surface area contributed by atoms with Gasteiger partial charge in [0.05, 0.1) is 15.6 Å². The Labute approximate surface area is 133 Å². The zero-order valence-electron chi connectivity index (χ0n) is 11.1. The van der Waals surface area contributed by atoms with E-state index in [9.17, 15) is 26.0 Å². The standard InChI is InChI=1S/C13H8ClF4NO3S/c14-11-6-9(1-2-12(11)22-13(17)18)19-23(20,21)10-4-7(15)3-8(16)5-10/h1-6,13,19H. The number of benzene rings is 2. The van der Waals surface area contributed by atoms with E-state index in [2.05, 4.69) is 4.74 Å². The van der Waals surface area contributed by atoms with Gasteiger partial charge in [-0.05, 0) is 30.3 Å². The van der Waals surface area contributed by atoms with Crippen LogP contribution in [0.2, 0.25) is 5.02 Å². The molecule has 124 valence electrons. The zero-order chi connectivity index (χ0) is 17.2. The fourth-order valence-corrected chi connectivity index (χ4v) is 2.97. The molecule has 23 heavy (non-hydrogen) atoms. The highest BCUT2D eigenvalue weighted by Crippen LogP contribution is 2.30. The van der Waals surface area contributed by atoms with Crippen molar-refractivity contribution in [1.29, 1.82) is 0 Å². The third-order valence-corrected chi connectivity index (χ3v) is 4.20. The molecule has 0 fully saturated rings. The maximum absolute atomic E-state index is 13.1. The number of rotatable bonds is 5. The van der Waals surface area contributed by atoms with Gasteiger partial charge in [0, 0.05) is 6.07 Å². The lowest BCUT2D eigenvalue weighted by atomic mass is 10.3. The van der Waals surface area contributed by atoms with E-state index in [1.54, 1.807) is 0 Å². The first-order valence-electron chi connectivity index (χ1n) is 5.90. The number of sulfonamides is 1. The highest BCUT2D eigenvalue weighted by atomic mass is 35.5. The van der Waals surface area contributed by atoms with Crippen molar-refractivity contribution in [3.8, 4) is 5.75 Å². The number of anilines is 1. The van der Waals surface area contributed by atoms with Crippen LogP contribution in [0.3, 0.4) is 0 Å². The Hall–Kier alpha value is -2.00. The van der Waals surface area contributed by atoms with Crippen molar-refractivity contribution in [1.82, 2.24) is 0 Å². The third-order valence-electron chi connectivity index (χ3n) is 2.55. The fraction of sp³-hybridized carbons (Fsp3) is 0.0769. The molecule has 2 rings (SSSR count). The molecular weight excluding hydrogens is 362 g/mol. The molecule has 0 amide bonds. The summed E-state index contributed by atoms with van der Waals surface area (Å²) in [5, 5.41) is -0.268. The van der Waals surface area contributed by atoms with Gasteiger partial charge < -0.3 is 4.74 Å². The predicted molar refractivity (Wildman–Crippen MR) is 75.3 cm³/mol. The number of ether oxygens (including phenoxy) is 1. The van der Waals surface area contributed by atoms with Gasteiger partial charge in [0.15, 0.2) is 0 Å². The van der Waals surface area contributed by atoms with Crippen molar-refractivity contribution < 1.29 is 30.7 Å². The number of hydrogen-bond donors (Lipinski definition) is 1. The van der Waals surface area contributed by atoms with Gasteiger partial charge in [-0.15, -0.1) is 0 Å². The molecule has 4 nitrogen and oxygen atoms in total. The quantitative estimate of drug-likeness (QED) is 0.810. The Bertz CT molecular complexity index is 810. The Morgan fingerprint density at radius 2 is 1.65 bits per heavy atom. The number of alkyl halides is 2. The average molecular weight is 370 g/mol. The second kappa shape index (κ2) is 6.63. The lowest BCUT2D eigenvalue weighted by molar-refractivity contribution is -0.0497. The van der Waals surface area contributed by atoms with Crippen molar-refractivity contribution in [3.63, 3.8) is 0 Å². The summed E-state index contributed by atoms with van der Waals surface area (Å²) in [4.78, 5) is -0.640. The predicted octanol–water partition coefficient (Wildman–Crippen LogP) is 4.02. The normalized spacial score (nSPS) is 11.6. The highest BCUT2D eigenvalue weighted by Gasteiger charge is 2.18. The van der Waals surface area contributed by atoms with Crippen LogP contribution in [0.5, 0.6) is 5.75 Å². The molecule has 10 heteroatoms. The van der Waals surface area contributed by atoms with Crippen LogP contribution in [0.25, 0.3) is 0 Å². The van der Waals surface area contributed by atoms with Crippen LogP contribution in [-0.4, -0.2) is 15.0 Å². The van der Waals surface area contributed by atoms with E-state index >= 15 is 0 Å². The Balaban J connectivity index is 2.28. The van der Waals surface area contributed by atoms with Crippen molar-refractivity contribution in [3.05, 3.63) is 53.1 Å². The SMILES string of the molecule is O=S(=O)(Nc1ccc(OC(F)F)c(Cl)c1)c1cc(F)cc(F)c1. The van der Waals surface area contributed by atoms with Crippen molar-refractivity contribution in [2.45, 2.75) is 11.5 Å². The first-order valence-corrected chi connectivity index (χ1v) is 7.77. The Morgan fingerprint density at radius 1 is 1.04 bits per heavy atom. The third kappa shape index (κ3) is 4.49. The summed E-state index contributed by atoms with van der Waals surface area (Å²) in [7, 11) is -4.29. The minimum absolute atomic E-state index is 0.0960. The van der Waals surface area contributed by atoms with Gasteiger partial charge in [0.25, 0.3) is 10.0 Å². The zero-order valence-corrected chi connectivity index (χ0v) is 12.6. The van der Waals surface area contributed by atoms with E-state index in [1.165, 1.54) is 0 Å². The van der Waals surface area contributed by atoms with E-state index in [-0.39, 0.29) is 16.5 Å². The number of nitrogens with one attached hydrogen (secondary N) is 1. The van der Waals surface area contributed by atoms with Crippen LogP contribution >= 0.6 is 11.6 Å². The molecule has 0 aliphatic carbocycles. The molecule has 0 saturated heterocycles. The molecule has 0 aromatic heterocycles. The molecule has 2 aromatic rings. The molecule has 0 atom stereocenters. The molecule has 0 spiro atoms. The van der Waals surface area contributed by atoms with Gasteiger partial charge in [-0.1, -0.05) is 11.6 Å². The van der Waals surface area contributed by atoms with E-state index in [0.29, 0.717) is 18.2 Å². The van der Waals surface area contributed by atoms with E-state index < -0.39 is 33.2 Å². The smallest absolute Gasteiger partial charge is 0.387 e. The topological polar surface area (TPSA) is 55.4 Å². The van der Waals surface area contributed by atoms with E-state index in [0.717, 1.165) is 18.2 Å². The van der Waals surface area contributed by atoms with Crippen LogP contribution in [-0.2, 0) is 10.0 Å².